The molecule has 27 heavy (non-hydrogen) atoms. The summed E-state index contributed by atoms with van der Waals surface area (Å²) in [6, 6.07) is 5.51. The number of aromatic nitrogens is 3. The molecule has 3 rings (SSSR count). The minimum Gasteiger partial charge on any atom is -0.493 e. The van der Waals surface area contributed by atoms with Crippen LogP contribution in [0.5, 0.6) is 17.2 Å². The summed E-state index contributed by atoms with van der Waals surface area (Å²) in [6.45, 7) is 3.82. The molecule has 0 unspecified atom stereocenters. The van der Waals surface area contributed by atoms with Crippen LogP contribution in [0.15, 0.2) is 30.6 Å². The molecular weight excluding hydrogens is 348 g/mol. The number of carbonyl (C=O) groups is 1. The molecule has 0 bridgehead atoms. The molecule has 8 nitrogen and oxygen atoms in total. The molecule has 0 saturated carbocycles. The molecule has 0 aliphatic rings. The molecule has 8 heteroatoms. The quantitative estimate of drug-likeness (QED) is 0.739. The number of fused-ring (bicyclic) bond motifs is 1. The monoisotopic (exact) mass is 370 g/mol. The topological polar surface area (TPSA) is 89.6 Å². The van der Waals surface area contributed by atoms with Gasteiger partial charge in [0.05, 0.1) is 26.1 Å². The van der Waals surface area contributed by atoms with Gasteiger partial charge in [-0.2, -0.15) is 0 Å². The van der Waals surface area contributed by atoms with Crippen molar-refractivity contribution in [3.63, 3.8) is 0 Å². The van der Waals surface area contributed by atoms with Gasteiger partial charge in [-0.25, -0.2) is 14.8 Å². The Balaban J connectivity index is 1.97. The van der Waals surface area contributed by atoms with Crippen LogP contribution in [-0.2, 0) is 0 Å². The van der Waals surface area contributed by atoms with Crippen molar-refractivity contribution in [1.82, 2.24) is 19.9 Å². The summed E-state index contributed by atoms with van der Waals surface area (Å²) in [6.07, 6.45) is 2.77. The van der Waals surface area contributed by atoms with Crippen molar-refractivity contribution in [2.24, 2.45) is 0 Å². The van der Waals surface area contributed by atoms with Crippen molar-refractivity contribution in [2.45, 2.75) is 19.9 Å². The molecule has 1 N–H and O–H groups in total. The summed E-state index contributed by atoms with van der Waals surface area (Å²) in [4.78, 5) is 25.7. The molecule has 1 aromatic carbocycles. The van der Waals surface area contributed by atoms with Crippen LogP contribution in [-0.4, -0.2) is 53.3 Å². The maximum absolute atomic E-state index is 12.2. The molecule has 2 aromatic heterocycles. The lowest BCUT2D eigenvalue weighted by atomic mass is 10.1. The number of nitrogens with one attached hydrogen (secondary N) is 1. The summed E-state index contributed by atoms with van der Waals surface area (Å²) in [5, 5.41) is 0. The fourth-order valence-electron chi connectivity index (χ4n) is 2.46. The van der Waals surface area contributed by atoms with Crippen molar-refractivity contribution in [2.75, 3.05) is 21.3 Å². The second-order valence-electron chi connectivity index (χ2n) is 6.25. The lowest BCUT2D eigenvalue weighted by molar-refractivity contribution is 0.152. The lowest BCUT2D eigenvalue weighted by Crippen LogP contribution is -2.35. The number of carbonyl (C=O) groups excluding carboxylic acids is 1. The van der Waals surface area contributed by atoms with Crippen LogP contribution in [0.3, 0.4) is 0 Å². The van der Waals surface area contributed by atoms with E-state index < -0.39 is 6.09 Å². The fraction of sp³-hybridized carbons (Fsp3) is 0.316. The highest BCUT2D eigenvalue weighted by Gasteiger charge is 2.18. The van der Waals surface area contributed by atoms with Gasteiger partial charge in [0.15, 0.2) is 28.4 Å². The van der Waals surface area contributed by atoms with Gasteiger partial charge >= 0.3 is 6.09 Å². The predicted molar refractivity (Wildman–Crippen MR) is 101 cm³/mol. The number of amides is 1. The van der Waals surface area contributed by atoms with E-state index >= 15 is 0 Å². The zero-order valence-corrected chi connectivity index (χ0v) is 15.9. The minimum absolute atomic E-state index is 0.0242. The molecule has 0 aliphatic carbocycles. The van der Waals surface area contributed by atoms with Gasteiger partial charge in [0.1, 0.15) is 0 Å². The molecule has 0 fully saturated rings. The van der Waals surface area contributed by atoms with Crippen molar-refractivity contribution >= 4 is 17.3 Å². The summed E-state index contributed by atoms with van der Waals surface area (Å²) < 4.78 is 16.1. The number of H-pyrrole nitrogens is 1. The molecule has 2 heterocycles. The molecule has 0 saturated heterocycles. The van der Waals surface area contributed by atoms with Crippen LogP contribution in [0.25, 0.3) is 22.4 Å². The van der Waals surface area contributed by atoms with Crippen molar-refractivity contribution in [3.8, 4) is 28.5 Å². The minimum atomic E-state index is -0.454. The molecule has 0 spiro atoms. The van der Waals surface area contributed by atoms with Crippen LogP contribution in [0.4, 0.5) is 4.79 Å². The molecule has 1 amide bonds. The van der Waals surface area contributed by atoms with E-state index in [1.807, 2.05) is 26.0 Å². The second-order valence-corrected chi connectivity index (χ2v) is 6.25. The van der Waals surface area contributed by atoms with Crippen LogP contribution in [0.2, 0.25) is 0 Å². The largest absolute Gasteiger partial charge is 0.493 e. The van der Waals surface area contributed by atoms with E-state index in [1.54, 1.807) is 39.7 Å². The fourth-order valence-corrected chi connectivity index (χ4v) is 2.46. The van der Waals surface area contributed by atoms with Gasteiger partial charge in [-0.05, 0) is 32.0 Å². The van der Waals surface area contributed by atoms with E-state index in [0.717, 1.165) is 5.56 Å². The van der Waals surface area contributed by atoms with E-state index in [1.165, 1.54) is 4.90 Å². The normalized spacial score (nSPS) is 10.9. The third-order valence-corrected chi connectivity index (χ3v) is 4.29. The smallest absolute Gasteiger partial charge is 0.415 e. The number of ether oxygens (including phenoxy) is 3. The highest BCUT2D eigenvalue weighted by molar-refractivity contribution is 5.84. The van der Waals surface area contributed by atoms with Crippen molar-refractivity contribution < 1.29 is 19.0 Å². The summed E-state index contributed by atoms with van der Waals surface area (Å²) in [5.41, 5.74) is 2.44. The summed E-state index contributed by atoms with van der Waals surface area (Å²) >= 11 is 0. The van der Waals surface area contributed by atoms with Gasteiger partial charge in [-0.15, -0.1) is 0 Å². The van der Waals surface area contributed by atoms with Gasteiger partial charge in [0.25, 0.3) is 0 Å². The SMILES string of the molecule is COc1ccc(-c2cnc3[nH]cc(OC(=O)N(C)C(C)C)c3n2)cc1OC. The number of methoxy groups -OCH3 is 2. The molecule has 0 aliphatic heterocycles. The first-order valence-corrected chi connectivity index (χ1v) is 8.45. The Bertz CT molecular complexity index is 967. The molecule has 0 atom stereocenters. The third-order valence-electron chi connectivity index (χ3n) is 4.29. The maximum Gasteiger partial charge on any atom is 0.415 e. The van der Waals surface area contributed by atoms with E-state index in [9.17, 15) is 4.79 Å². The van der Waals surface area contributed by atoms with Gasteiger partial charge in [0, 0.05) is 24.8 Å². The highest BCUT2D eigenvalue weighted by Crippen LogP contribution is 2.32. The van der Waals surface area contributed by atoms with Gasteiger partial charge < -0.3 is 24.1 Å². The zero-order chi connectivity index (χ0) is 19.6. The van der Waals surface area contributed by atoms with Gasteiger partial charge in [-0.1, -0.05) is 0 Å². The third kappa shape index (κ3) is 3.64. The van der Waals surface area contributed by atoms with Crippen molar-refractivity contribution in [1.29, 1.82) is 0 Å². The lowest BCUT2D eigenvalue weighted by Gasteiger charge is -2.20. The Morgan fingerprint density at radius 1 is 1.15 bits per heavy atom. The zero-order valence-electron chi connectivity index (χ0n) is 15.9. The Hall–Kier alpha value is -3.29. The van der Waals surface area contributed by atoms with Gasteiger partial charge in [0.2, 0.25) is 0 Å². The van der Waals surface area contributed by atoms with Crippen molar-refractivity contribution in [3.05, 3.63) is 30.6 Å². The van der Waals surface area contributed by atoms with E-state index in [2.05, 4.69) is 15.0 Å². The van der Waals surface area contributed by atoms with Gasteiger partial charge in [-0.3, -0.25) is 0 Å². The number of aromatic amines is 1. The first kappa shape index (κ1) is 18.5. The van der Waals surface area contributed by atoms with E-state index in [0.29, 0.717) is 34.1 Å². The van der Waals surface area contributed by atoms with Crippen LogP contribution in [0.1, 0.15) is 13.8 Å². The Labute approximate surface area is 157 Å². The first-order chi connectivity index (χ1) is 12.9. The Kier molecular flexibility index (Phi) is 5.16. The summed E-state index contributed by atoms with van der Waals surface area (Å²) in [5.74, 6) is 1.55. The Morgan fingerprint density at radius 2 is 1.89 bits per heavy atom. The second kappa shape index (κ2) is 7.53. The summed E-state index contributed by atoms with van der Waals surface area (Å²) in [7, 11) is 4.84. The number of benzene rings is 1. The average Bonchev–Trinajstić information content (AvgIpc) is 3.08. The number of hydrogen-bond donors (Lipinski definition) is 1. The van der Waals surface area contributed by atoms with Crippen LogP contribution >= 0.6 is 0 Å². The first-order valence-electron chi connectivity index (χ1n) is 8.45. The van der Waals surface area contributed by atoms with Crippen LogP contribution < -0.4 is 14.2 Å². The standard InChI is InChI=1S/C19H22N4O4/c1-11(2)23(3)19(24)27-16-10-21-18-17(16)22-13(9-20-18)12-6-7-14(25-4)15(8-12)26-5/h6-11H,1-5H3,(H,20,21). The molecule has 0 radical (unpaired) electrons. The molecular formula is C19H22N4O4. The predicted octanol–water partition coefficient (Wildman–Crippen LogP) is 3.48. The number of rotatable bonds is 5. The average molecular weight is 370 g/mol. The molecule has 142 valence electrons. The Morgan fingerprint density at radius 3 is 2.56 bits per heavy atom. The maximum atomic E-state index is 12.2. The van der Waals surface area contributed by atoms with E-state index in [4.69, 9.17) is 14.2 Å². The number of hydrogen-bond acceptors (Lipinski definition) is 6. The van der Waals surface area contributed by atoms with E-state index in [-0.39, 0.29) is 6.04 Å². The molecule has 3 aromatic rings. The number of nitrogens with zero attached hydrogens (tertiary/aromatic N) is 3. The highest BCUT2D eigenvalue weighted by atomic mass is 16.6. The van der Waals surface area contributed by atoms with Crippen LogP contribution in [0, 0.1) is 0 Å².